The fraction of sp³-hybridized carbons (Fsp3) is 0.318. The average molecular weight is 414 g/mol. The summed E-state index contributed by atoms with van der Waals surface area (Å²) in [6.07, 6.45) is 1.70. The third-order valence-corrected chi connectivity index (χ3v) is 4.94. The van der Waals surface area contributed by atoms with Gasteiger partial charge in [-0.3, -0.25) is 9.89 Å². The summed E-state index contributed by atoms with van der Waals surface area (Å²) in [6.45, 7) is -0.00667. The Morgan fingerprint density at radius 2 is 1.83 bits per heavy atom. The van der Waals surface area contributed by atoms with Crippen molar-refractivity contribution in [2.45, 2.75) is 31.6 Å². The number of carbonyl (C=O) groups is 1. The van der Waals surface area contributed by atoms with Crippen molar-refractivity contribution < 1.29 is 14.6 Å². The second kappa shape index (κ2) is 10.2. The lowest BCUT2D eigenvalue weighted by molar-refractivity contribution is -0.118. The number of rotatable bonds is 10. The van der Waals surface area contributed by atoms with Crippen molar-refractivity contribution in [3.05, 3.63) is 76.3 Å². The fourth-order valence-corrected chi connectivity index (χ4v) is 3.31. The number of aliphatic hydroxyl groups excluding tert-OH is 1. The highest BCUT2D eigenvalue weighted by Crippen LogP contribution is 2.24. The molecule has 6 nitrogen and oxygen atoms in total. The molecular weight excluding hydrogens is 390 g/mol. The summed E-state index contributed by atoms with van der Waals surface area (Å²) in [5, 5.41) is 16.9. The average Bonchev–Trinajstić information content (AvgIpc) is 3.19. The lowest BCUT2D eigenvalue weighted by Gasteiger charge is -2.14. The van der Waals surface area contributed by atoms with Gasteiger partial charge in [0.25, 0.3) is 0 Å². The molecule has 0 aliphatic carbocycles. The Hall–Kier alpha value is -2.70. The van der Waals surface area contributed by atoms with Crippen molar-refractivity contribution in [3.8, 4) is 5.75 Å². The van der Waals surface area contributed by atoms with Crippen molar-refractivity contribution in [2.24, 2.45) is 0 Å². The Morgan fingerprint density at radius 3 is 2.48 bits per heavy atom. The van der Waals surface area contributed by atoms with Crippen molar-refractivity contribution in [2.75, 3.05) is 13.7 Å². The van der Waals surface area contributed by atoms with Gasteiger partial charge < -0.3 is 9.84 Å². The quantitative estimate of drug-likeness (QED) is 0.530. The number of carbonyl (C=O) groups excluding carboxylic acids is 1. The second-order valence-electron chi connectivity index (χ2n) is 6.91. The molecular formula is C22H24ClN3O3. The van der Waals surface area contributed by atoms with Gasteiger partial charge in [-0.05, 0) is 41.8 Å². The number of Topliss-reactive ketones (excluding diaryl/α,β-unsaturated/α-hetero) is 1. The van der Waals surface area contributed by atoms with E-state index in [0.29, 0.717) is 42.4 Å². The van der Waals surface area contributed by atoms with E-state index in [1.54, 1.807) is 19.2 Å². The van der Waals surface area contributed by atoms with E-state index >= 15 is 0 Å². The summed E-state index contributed by atoms with van der Waals surface area (Å²) in [4.78, 5) is 17.2. The molecule has 29 heavy (non-hydrogen) atoms. The van der Waals surface area contributed by atoms with Gasteiger partial charge in [-0.2, -0.15) is 5.10 Å². The molecule has 0 fully saturated rings. The predicted molar refractivity (Wildman–Crippen MR) is 111 cm³/mol. The van der Waals surface area contributed by atoms with E-state index in [9.17, 15) is 4.79 Å². The largest absolute Gasteiger partial charge is 0.497 e. The highest BCUT2D eigenvalue weighted by molar-refractivity contribution is 6.30. The molecule has 0 radical (unpaired) electrons. The van der Waals surface area contributed by atoms with Crippen molar-refractivity contribution in [1.82, 2.24) is 15.2 Å². The van der Waals surface area contributed by atoms with Gasteiger partial charge in [0.15, 0.2) is 5.82 Å². The number of halogens is 1. The fourth-order valence-electron chi connectivity index (χ4n) is 3.19. The number of nitrogens with zero attached hydrogens (tertiary/aromatic N) is 2. The highest BCUT2D eigenvalue weighted by Gasteiger charge is 2.21. The molecule has 0 saturated heterocycles. The number of nitrogens with one attached hydrogen (secondary N) is 1. The van der Waals surface area contributed by atoms with Crippen molar-refractivity contribution in [1.29, 1.82) is 0 Å². The van der Waals surface area contributed by atoms with Crippen LogP contribution in [0.15, 0.2) is 48.5 Å². The number of hydrogen-bond acceptors (Lipinski definition) is 5. The molecule has 0 bridgehead atoms. The van der Waals surface area contributed by atoms with E-state index in [1.807, 2.05) is 36.4 Å². The number of H-pyrrole nitrogens is 1. The van der Waals surface area contributed by atoms with Crippen LogP contribution in [0.1, 0.15) is 35.1 Å². The van der Waals surface area contributed by atoms with Crippen LogP contribution in [0.3, 0.4) is 0 Å². The Labute approximate surface area is 174 Å². The zero-order chi connectivity index (χ0) is 20.6. The molecule has 7 heteroatoms. The first-order valence-electron chi connectivity index (χ1n) is 9.48. The van der Waals surface area contributed by atoms with Crippen LogP contribution in [0, 0.1) is 0 Å². The van der Waals surface area contributed by atoms with Crippen LogP contribution >= 0.6 is 11.6 Å². The first-order valence-corrected chi connectivity index (χ1v) is 9.86. The molecule has 0 amide bonds. The standard InChI is InChI=1S/C22H24ClN3O3/c1-29-20-8-4-15(5-9-20)12-17(22-24-21(10-11-27)25-26-22)14-19(28)13-16-2-6-18(23)7-3-16/h2-9,17,27H,10-14H2,1H3,(H,24,25,26)/t17-/m1/s1. The molecule has 0 spiro atoms. The van der Waals surface area contributed by atoms with Crippen LogP contribution in [0.5, 0.6) is 5.75 Å². The molecule has 3 aromatic rings. The SMILES string of the molecule is COc1ccc(C[C@H](CC(=O)Cc2ccc(Cl)cc2)c2n[nH]c(CCO)n2)cc1. The van der Waals surface area contributed by atoms with E-state index in [0.717, 1.165) is 16.9 Å². The molecule has 0 unspecified atom stereocenters. The lowest BCUT2D eigenvalue weighted by atomic mass is 9.91. The van der Waals surface area contributed by atoms with Gasteiger partial charge >= 0.3 is 0 Å². The highest BCUT2D eigenvalue weighted by atomic mass is 35.5. The third-order valence-electron chi connectivity index (χ3n) is 4.69. The lowest BCUT2D eigenvalue weighted by Crippen LogP contribution is -2.13. The number of benzene rings is 2. The van der Waals surface area contributed by atoms with Gasteiger partial charge in [-0.15, -0.1) is 0 Å². The number of hydrogen-bond donors (Lipinski definition) is 2. The van der Waals surface area contributed by atoms with E-state index in [1.165, 1.54) is 0 Å². The van der Waals surface area contributed by atoms with Crippen LogP contribution in [0.25, 0.3) is 0 Å². The van der Waals surface area contributed by atoms with E-state index < -0.39 is 0 Å². The number of ether oxygens (including phenoxy) is 1. The van der Waals surface area contributed by atoms with Crippen LogP contribution in [-0.2, 0) is 24.1 Å². The zero-order valence-electron chi connectivity index (χ0n) is 16.3. The zero-order valence-corrected chi connectivity index (χ0v) is 17.0. The Morgan fingerprint density at radius 1 is 1.14 bits per heavy atom. The van der Waals surface area contributed by atoms with Gasteiger partial charge in [-0.25, -0.2) is 4.98 Å². The van der Waals surface area contributed by atoms with E-state index in [2.05, 4.69) is 15.2 Å². The Bertz CT molecular complexity index is 923. The topological polar surface area (TPSA) is 88.1 Å². The minimum Gasteiger partial charge on any atom is -0.497 e. The summed E-state index contributed by atoms with van der Waals surface area (Å²) in [7, 11) is 1.63. The summed E-state index contributed by atoms with van der Waals surface area (Å²) < 4.78 is 5.21. The summed E-state index contributed by atoms with van der Waals surface area (Å²) in [5.74, 6) is 1.94. The molecule has 1 aromatic heterocycles. The molecule has 152 valence electrons. The maximum Gasteiger partial charge on any atom is 0.154 e. The predicted octanol–water partition coefficient (Wildman–Crippen LogP) is 3.53. The minimum atomic E-state index is -0.160. The number of aliphatic hydroxyl groups is 1. The van der Waals surface area contributed by atoms with E-state index in [4.69, 9.17) is 21.4 Å². The van der Waals surface area contributed by atoms with Crippen LogP contribution in [0.2, 0.25) is 5.02 Å². The normalized spacial score (nSPS) is 12.0. The van der Waals surface area contributed by atoms with E-state index in [-0.39, 0.29) is 18.3 Å². The molecule has 2 aromatic carbocycles. The number of aromatic nitrogens is 3. The van der Waals surface area contributed by atoms with Gasteiger partial charge in [-0.1, -0.05) is 35.9 Å². The minimum absolute atomic E-state index is 0.00667. The number of methoxy groups -OCH3 is 1. The van der Waals surface area contributed by atoms with Crippen LogP contribution < -0.4 is 4.74 Å². The van der Waals surface area contributed by atoms with Gasteiger partial charge in [0, 0.05) is 30.2 Å². The summed E-state index contributed by atoms with van der Waals surface area (Å²) in [6, 6.07) is 15.1. The third kappa shape index (κ3) is 6.14. The summed E-state index contributed by atoms with van der Waals surface area (Å²) >= 11 is 5.92. The number of aromatic amines is 1. The maximum absolute atomic E-state index is 12.7. The molecule has 1 atom stereocenters. The first kappa shape index (κ1) is 21.0. The molecule has 2 N–H and O–H groups in total. The maximum atomic E-state index is 12.7. The van der Waals surface area contributed by atoms with Gasteiger partial charge in [0.05, 0.1) is 13.7 Å². The smallest absolute Gasteiger partial charge is 0.154 e. The molecule has 0 aliphatic heterocycles. The molecule has 1 heterocycles. The molecule has 0 saturated carbocycles. The second-order valence-corrected chi connectivity index (χ2v) is 7.35. The van der Waals surface area contributed by atoms with Crippen molar-refractivity contribution >= 4 is 17.4 Å². The Kier molecular flexibility index (Phi) is 7.38. The Balaban J connectivity index is 1.75. The van der Waals surface area contributed by atoms with Gasteiger partial charge in [0.1, 0.15) is 17.4 Å². The summed E-state index contributed by atoms with van der Waals surface area (Å²) in [5.41, 5.74) is 2.00. The van der Waals surface area contributed by atoms with Crippen LogP contribution in [-0.4, -0.2) is 39.8 Å². The van der Waals surface area contributed by atoms with Crippen molar-refractivity contribution in [3.63, 3.8) is 0 Å². The van der Waals surface area contributed by atoms with Crippen LogP contribution in [0.4, 0.5) is 0 Å². The first-order chi connectivity index (χ1) is 14.1. The monoisotopic (exact) mass is 413 g/mol. The number of ketones is 1. The molecule has 3 rings (SSSR count). The molecule has 0 aliphatic rings. The van der Waals surface area contributed by atoms with Gasteiger partial charge in [0.2, 0.25) is 0 Å².